The van der Waals surface area contributed by atoms with Crippen LogP contribution in [-0.4, -0.2) is 15.2 Å². The minimum absolute atomic E-state index is 0.530. The Morgan fingerprint density at radius 3 is 2.89 bits per heavy atom. The van der Waals surface area contributed by atoms with Crippen LogP contribution in [0.1, 0.15) is 5.69 Å². The van der Waals surface area contributed by atoms with Crippen molar-refractivity contribution in [2.75, 3.05) is 5.73 Å². The van der Waals surface area contributed by atoms with E-state index >= 15 is 0 Å². The Hall–Kier alpha value is -2.56. The zero-order valence-electron chi connectivity index (χ0n) is 9.84. The number of anilines is 1. The molecule has 5 nitrogen and oxygen atoms in total. The molecule has 0 unspecified atom stereocenters. The van der Waals surface area contributed by atoms with E-state index in [9.17, 15) is 0 Å². The maximum Gasteiger partial charge on any atom is 0.238 e. The second kappa shape index (κ2) is 4.03. The van der Waals surface area contributed by atoms with Gasteiger partial charge in [-0.3, -0.25) is 10.1 Å². The van der Waals surface area contributed by atoms with Gasteiger partial charge in [-0.2, -0.15) is 0 Å². The first-order chi connectivity index (χ1) is 8.74. The molecular formula is C13H12N4O. The fraction of sp³-hybridized carbons (Fsp3) is 0.0769. The summed E-state index contributed by atoms with van der Waals surface area (Å²) in [4.78, 5) is 4.10. The third-order valence-electron chi connectivity index (χ3n) is 2.71. The second-order valence-corrected chi connectivity index (χ2v) is 4.07. The molecule has 18 heavy (non-hydrogen) atoms. The van der Waals surface area contributed by atoms with E-state index in [1.54, 1.807) is 12.4 Å². The van der Waals surface area contributed by atoms with Crippen molar-refractivity contribution < 1.29 is 4.74 Å². The third-order valence-corrected chi connectivity index (χ3v) is 2.71. The molecule has 0 fully saturated rings. The fourth-order valence-corrected chi connectivity index (χ4v) is 1.83. The highest BCUT2D eigenvalue weighted by Gasteiger charge is 2.07. The van der Waals surface area contributed by atoms with Crippen molar-refractivity contribution in [2.45, 2.75) is 6.92 Å². The number of nitrogen functional groups attached to an aromatic ring is 1. The van der Waals surface area contributed by atoms with Gasteiger partial charge in [-0.1, -0.05) is 0 Å². The Morgan fingerprint density at radius 2 is 2.11 bits per heavy atom. The number of rotatable bonds is 2. The lowest BCUT2D eigenvalue weighted by atomic mass is 10.1. The van der Waals surface area contributed by atoms with Crippen molar-refractivity contribution >= 4 is 16.5 Å². The molecule has 0 aliphatic heterocycles. The molecule has 5 heteroatoms. The normalized spacial score (nSPS) is 10.7. The van der Waals surface area contributed by atoms with E-state index in [1.807, 2.05) is 31.2 Å². The Morgan fingerprint density at radius 1 is 1.22 bits per heavy atom. The van der Waals surface area contributed by atoms with Crippen LogP contribution in [0.5, 0.6) is 11.6 Å². The minimum atomic E-state index is 0.530. The van der Waals surface area contributed by atoms with E-state index in [2.05, 4.69) is 15.2 Å². The number of H-pyrrole nitrogens is 1. The lowest BCUT2D eigenvalue weighted by Crippen LogP contribution is -1.91. The molecule has 2 heterocycles. The molecule has 0 amide bonds. The maximum atomic E-state index is 5.92. The van der Waals surface area contributed by atoms with E-state index < -0.39 is 0 Å². The quantitative estimate of drug-likeness (QED) is 0.675. The van der Waals surface area contributed by atoms with Gasteiger partial charge in [-0.05, 0) is 25.1 Å². The number of nitrogens with two attached hydrogens (primary N) is 1. The summed E-state index contributed by atoms with van der Waals surface area (Å²) in [5, 5.41) is 8.67. The van der Waals surface area contributed by atoms with E-state index in [1.165, 1.54) is 0 Å². The van der Waals surface area contributed by atoms with Crippen LogP contribution in [-0.2, 0) is 0 Å². The molecule has 3 N–H and O–H groups in total. The molecule has 0 spiro atoms. The summed E-state index contributed by atoms with van der Waals surface area (Å²) in [6.07, 6.45) is 3.45. The molecule has 90 valence electrons. The monoisotopic (exact) mass is 240 g/mol. The molecule has 3 aromatic rings. The molecule has 0 radical (unpaired) electrons. The first kappa shape index (κ1) is 10.6. The zero-order chi connectivity index (χ0) is 12.5. The molecule has 0 atom stereocenters. The van der Waals surface area contributed by atoms with Crippen molar-refractivity contribution in [3.8, 4) is 11.6 Å². The van der Waals surface area contributed by atoms with Crippen LogP contribution in [0.4, 0.5) is 5.69 Å². The van der Waals surface area contributed by atoms with Gasteiger partial charge in [0.25, 0.3) is 0 Å². The minimum Gasteiger partial charge on any atom is -0.437 e. The summed E-state index contributed by atoms with van der Waals surface area (Å²) < 4.78 is 5.73. The average molecular weight is 240 g/mol. The Balaban J connectivity index is 2.09. The average Bonchev–Trinajstić information content (AvgIpc) is 2.79. The molecule has 1 aromatic carbocycles. The molecule has 2 aromatic heterocycles. The van der Waals surface area contributed by atoms with Gasteiger partial charge in [0.15, 0.2) is 0 Å². The largest absolute Gasteiger partial charge is 0.437 e. The number of aryl methyl sites for hydroxylation is 1. The smallest absolute Gasteiger partial charge is 0.238 e. The third kappa shape index (κ3) is 1.75. The lowest BCUT2D eigenvalue weighted by Gasteiger charge is -2.07. The van der Waals surface area contributed by atoms with Gasteiger partial charge in [-0.15, -0.1) is 5.10 Å². The van der Waals surface area contributed by atoms with Gasteiger partial charge in [0.1, 0.15) is 5.75 Å². The van der Waals surface area contributed by atoms with Crippen LogP contribution in [0.2, 0.25) is 0 Å². The van der Waals surface area contributed by atoms with Crippen LogP contribution in [0.15, 0.2) is 36.7 Å². The number of aromatic nitrogens is 3. The van der Waals surface area contributed by atoms with Gasteiger partial charge < -0.3 is 10.5 Å². The summed E-state index contributed by atoms with van der Waals surface area (Å²) >= 11 is 0. The van der Waals surface area contributed by atoms with E-state index in [0.717, 1.165) is 16.5 Å². The number of pyridine rings is 1. The summed E-state index contributed by atoms with van der Waals surface area (Å²) in [5.74, 6) is 1.22. The Bertz CT molecular complexity index is 705. The molecule has 0 aliphatic rings. The maximum absolute atomic E-state index is 5.92. The number of hydrogen-bond acceptors (Lipinski definition) is 4. The molecule has 0 bridgehead atoms. The van der Waals surface area contributed by atoms with E-state index in [0.29, 0.717) is 17.3 Å². The highest BCUT2D eigenvalue weighted by atomic mass is 16.5. The summed E-state index contributed by atoms with van der Waals surface area (Å²) in [5.41, 5.74) is 7.57. The zero-order valence-corrected chi connectivity index (χ0v) is 9.84. The first-order valence-electron chi connectivity index (χ1n) is 5.56. The fourth-order valence-electron chi connectivity index (χ4n) is 1.83. The van der Waals surface area contributed by atoms with Gasteiger partial charge in [0, 0.05) is 40.6 Å². The van der Waals surface area contributed by atoms with Crippen molar-refractivity contribution in [2.24, 2.45) is 0 Å². The molecule has 0 saturated carbocycles. The highest BCUT2D eigenvalue weighted by molar-refractivity contribution is 5.96. The molecular weight excluding hydrogens is 228 g/mol. The van der Waals surface area contributed by atoms with Gasteiger partial charge in [0.2, 0.25) is 5.88 Å². The Labute approximate surface area is 104 Å². The predicted molar refractivity (Wildman–Crippen MR) is 69.6 cm³/mol. The van der Waals surface area contributed by atoms with Crippen LogP contribution in [0, 0.1) is 6.92 Å². The highest BCUT2D eigenvalue weighted by Crippen LogP contribution is 2.31. The number of nitrogens with zero attached hydrogens (tertiary/aromatic N) is 2. The van der Waals surface area contributed by atoms with Crippen LogP contribution in [0.25, 0.3) is 10.8 Å². The number of benzene rings is 1. The molecule has 0 aliphatic carbocycles. The standard InChI is InChI=1S/C13H12N4O/c1-8-6-13(17-16-8)18-12-3-2-11(14)9-4-5-15-7-10(9)12/h2-7H,14H2,1H3,(H,16,17). The van der Waals surface area contributed by atoms with Crippen LogP contribution in [0.3, 0.4) is 0 Å². The Kier molecular flexibility index (Phi) is 2.37. The number of nitrogens with one attached hydrogen (secondary N) is 1. The summed E-state index contributed by atoms with van der Waals surface area (Å²) in [6.45, 7) is 1.92. The summed E-state index contributed by atoms with van der Waals surface area (Å²) in [7, 11) is 0. The van der Waals surface area contributed by atoms with Crippen molar-refractivity contribution in [3.63, 3.8) is 0 Å². The number of aromatic amines is 1. The SMILES string of the molecule is Cc1cc(Oc2ccc(N)c3ccncc23)n[nH]1. The second-order valence-electron chi connectivity index (χ2n) is 4.07. The van der Waals surface area contributed by atoms with Crippen molar-refractivity contribution in [3.05, 3.63) is 42.4 Å². The van der Waals surface area contributed by atoms with Gasteiger partial charge in [0.05, 0.1) is 0 Å². The molecule has 3 rings (SSSR count). The van der Waals surface area contributed by atoms with Gasteiger partial charge in [-0.25, -0.2) is 0 Å². The number of hydrogen-bond donors (Lipinski definition) is 2. The van der Waals surface area contributed by atoms with E-state index in [-0.39, 0.29) is 0 Å². The van der Waals surface area contributed by atoms with Crippen LogP contribution < -0.4 is 10.5 Å². The summed E-state index contributed by atoms with van der Waals surface area (Å²) in [6, 6.07) is 7.34. The first-order valence-corrected chi connectivity index (χ1v) is 5.56. The predicted octanol–water partition coefficient (Wildman–Crippen LogP) is 2.64. The number of ether oxygens (including phenoxy) is 1. The van der Waals surface area contributed by atoms with Crippen LogP contribution >= 0.6 is 0 Å². The van der Waals surface area contributed by atoms with Crippen molar-refractivity contribution in [1.82, 2.24) is 15.2 Å². The lowest BCUT2D eigenvalue weighted by molar-refractivity contribution is 0.467. The molecule has 0 saturated heterocycles. The van der Waals surface area contributed by atoms with Crippen molar-refractivity contribution in [1.29, 1.82) is 0 Å². The van der Waals surface area contributed by atoms with Gasteiger partial charge >= 0.3 is 0 Å². The number of fused-ring (bicyclic) bond motifs is 1. The topological polar surface area (TPSA) is 76.8 Å². The van der Waals surface area contributed by atoms with E-state index in [4.69, 9.17) is 10.5 Å².